The van der Waals surface area contributed by atoms with E-state index in [2.05, 4.69) is 30.9 Å². The molecule has 0 bridgehead atoms. The normalized spacial score (nSPS) is 14.0. The zero-order valence-electron chi connectivity index (χ0n) is 26.2. The van der Waals surface area contributed by atoms with Gasteiger partial charge in [-0.05, 0) is 48.2 Å². The van der Waals surface area contributed by atoms with Crippen LogP contribution in [0.2, 0.25) is 0 Å². The second-order valence-electron chi connectivity index (χ2n) is 12.0. The molecule has 6 aromatic rings. The number of hydrogen-bond donors (Lipinski definition) is 8. The molecule has 3 aromatic heterocycles. The number of H-pyrrole nitrogens is 3. The lowest BCUT2D eigenvalue weighted by molar-refractivity contribution is -0.142. The molecule has 6 rings (SSSR count). The average Bonchev–Trinajstić information content (AvgIpc) is 3.81. The van der Waals surface area contributed by atoms with Gasteiger partial charge in [0.25, 0.3) is 0 Å². The van der Waals surface area contributed by atoms with E-state index in [0.29, 0.717) is 0 Å². The molecular formula is C36H37N7O5. The molecule has 0 aliphatic rings. The number of para-hydroxylation sites is 3. The van der Waals surface area contributed by atoms with E-state index in [0.717, 1.165) is 49.4 Å². The Morgan fingerprint density at radius 1 is 0.604 bits per heavy atom. The van der Waals surface area contributed by atoms with Crippen molar-refractivity contribution in [3.05, 3.63) is 108 Å². The SMILES string of the molecule is CC(NC(=O)C(N)Cc1c[nH]c2ccccc12)C(=O)NC(Cc1c[nH]c2ccccc12)C(=O)NC(Cc1c[nH]c2ccccc12)C(=O)O. The lowest BCUT2D eigenvalue weighted by atomic mass is 10.0. The summed E-state index contributed by atoms with van der Waals surface area (Å²) in [5.41, 5.74) is 11.2. The molecule has 4 unspecified atom stereocenters. The van der Waals surface area contributed by atoms with Crippen LogP contribution < -0.4 is 21.7 Å². The van der Waals surface area contributed by atoms with E-state index in [1.54, 1.807) is 12.4 Å². The van der Waals surface area contributed by atoms with Crippen molar-refractivity contribution in [2.45, 2.75) is 50.4 Å². The van der Waals surface area contributed by atoms with Gasteiger partial charge in [0, 0.05) is 64.1 Å². The van der Waals surface area contributed by atoms with E-state index >= 15 is 0 Å². The van der Waals surface area contributed by atoms with Crippen LogP contribution in [-0.2, 0) is 38.4 Å². The number of nitrogens with two attached hydrogens (primary N) is 1. The van der Waals surface area contributed by atoms with Gasteiger partial charge < -0.3 is 41.7 Å². The smallest absolute Gasteiger partial charge is 0.326 e. The first-order valence-electron chi connectivity index (χ1n) is 15.7. The summed E-state index contributed by atoms with van der Waals surface area (Å²) in [6.45, 7) is 1.50. The highest BCUT2D eigenvalue weighted by Crippen LogP contribution is 2.22. The zero-order valence-corrected chi connectivity index (χ0v) is 26.2. The number of carboxylic acids is 1. The molecule has 0 fully saturated rings. The quantitative estimate of drug-likeness (QED) is 0.0948. The van der Waals surface area contributed by atoms with Crippen molar-refractivity contribution in [3.8, 4) is 0 Å². The number of aromatic amines is 3. The number of amides is 3. The Morgan fingerprint density at radius 2 is 1.02 bits per heavy atom. The zero-order chi connectivity index (χ0) is 33.8. The Kier molecular flexibility index (Phi) is 9.26. The van der Waals surface area contributed by atoms with Gasteiger partial charge in [-0.2, -0.15) is 0 Å². The Labute approximate surface area is 275 Å². The van der Waals surface area contributed by atoms with Crippen molar-refractivity contribution in [2.75, 3.05) is 0 Å². The summed E-state index contributed by atoms with van der Waals surface area (Å²) < 4.78 is 0. The molecule has 12 heteroatoms. The highest BCUT2D eigenvalue weighted by atomic mass is 16.4. The Morgan fingerprint density at radius 3 is 1.50 bits per heavy atom. The number of aliphatic carboxylic acids is 1. The summed E-state index contributed by atoms with van der Waals surface area (Å²) in [5.74, 6) is -3.03. The average molecular weight is 648 g/mol. The second kappa shape index (κ2) is 13.9. The highest BCUT2D eigenvalue weighted by Gasteiger charge is 2.30. The molecule has 246 valence electrons. The number of carbonyl (C=O) groups is 4. The molecule has 0 spiro atoms. The minimum absolute atomic E-state index is 0.0274. The Hall–Kier alpha value is -5.88. The van der Waals surface area contributed by atoms with Crippen LogP contribution in [-0.4, -0.2) is 67.9 Å². The number of nitrogens with one attached hydrogen (secondary N) is 6. The van der Waals surface area contributed by atoms with Crippen LogP contribution >= 0.6 is 0 Å². The lowest BCUT2D eigenvalue weighted by Crippen LogP contribution is -2.57. The van der Waals surface area contributed by atoms with E-state index in [4.69, 9.17) is 5.73 Å². The molecule has 3 amide bonds. The number of fused-ring (bicyclic) bond motifs is 3. The molecule has 0 radical (unpaired) electrons. The van der Waals surface area contributed by atoms with E-state index in [-0.39, 0.29) is 19.3 Å². The Balaban J connectivity index is 1.16. The number of carbonyl (C=O) groups excluding carboxylic acids is 3. The predicted molar refractivity (Wildman–Crippen MR) is 183 cm³/mol. The first-order chi connectivity index (χ1) is 23.2. The molecule has 0 saturated heterocycles. The third-order valence-electron chi connectivity index (χ3n) is 8.65. The van der Waals surface area contributed by atoms with Crippen LogP contribution in [0.15, 0.2) is 91.4 Å². The first kappa shape index (κ1) is 32.1. The molecule has 3 heterocycles. The summed E-state index contributed by atoms with van der Waals surface area (Å²) in [7, 11) is 0. The van der Waals surface area contributed by atoms with E-state index < -0.39 is 47.9 Å². The maximum absolute atomic E-state index is 13.8. The van der Waals surface area contributed by atoms with Gasteiger partial charge in [-0.15, -0.1) is 0 Å². The van der Waals surface area contributed by atoms with Crippen LogP contribution in [0.4, 0.5) is 0 Å². The van der Waals surface area contributed by atoms with Crippen molar-refractivity contribution < 1.29 is 24.3 Å². The standard InChI is InChI=1S/C36H37N7O5/c1-20(41-34(45)27(37)14-21-17-38-28-11-5-2-8-24(21)28)33(44)42-31(15-22-18-39-29-12-6-3-9-25(22)29)35(46)43-32(36(47)48)16-23-19-40-30-13-7-4-10-26(23)30/h2-13,17-20,27,31-32,38-40H,14-16,37H2,1H3,(H,41,45)(H,42,44)(H,43,46)(H,47,48). The number of aromatic nitrogens is 3. The van der Waals surface area contributed by atoms with Crippen LogP contribution in [0.3, 0.4) is 0 Å². The van der Waals surface area contributed by atoms with Crippen molar-refractivity contribution in [1.29, 1.82) is 0 Å². The van der Waals surface area contributed by atoms with Gasteiger partial charge in [-0.25, -0.2) is 4.79 Å². The lowest BCUT2D eigenvalue weighted by Gasteiger charge is -2.24. The minimum Gasteiger partial charge on any atom is -0.480 e. The molecule has 0 aliphatic carbocycles. The summed E-state index contributed by atoms with van der Waals surface area (Å²) in [5, 5.41) is 20.8. The van der Waals surface area contributed by atoms with E-state index in [1.807, 2.05) is 79.0 Å². The molecule has 48 heavy (non-hydrogen) atoms. The molecule has 0 saturated carbocycles. The van der Waals surface area contributed by atoms with Crippen molar-refractivity contribution in [3.63, 3.8) is 0 Å². The third-order valence-corrected chi connectivity index (χ3v) is 8.65. The van der Waals surface area contributed by atoms with Gasteiger partial charge in [0.05, 0.1) is 6.04 Å². The van der Waals surface area contributed by atoms with Crippen LogP contribution in [0.1, 0.15) is 23.6 Å². The largest absolute Gasteiger partial charge is 0.480 e. The topological polar surface area (TPSA) is 198 Å². The fourth-order valence-electron chi connectivity index (χ4n) is 6.04. The van der Waals surface area contributed by atoms with Gasteiger partial charge >= 0.3 is 5.97 Å². The number of rotatable bonds is 13. The van der Waals surface area contributed by atoms with Crippen molar-refractivity contribution >= 4 is 56.4 Å². The van der Waals surface area contributed by atoms with Crippen molar-refractivity contribution in [2.24, 2.45) is 5.73 Å². The fraction of sp³-hybridized carbons (Fsp3) is 0.222. The molecular weight excluding hydrogens is 610 g/mol. The molecule has 12 nitrogen and oxygen atoms in total. The van der Waals surface area contributed by atoms with Gasteiger partial charge in [-0.1, -0.05) is 54.6 Å². The summed E-state index contributed by atoms with van der Waals surface area (Å²) in [6.07, 6.45) is 5.65. The van der Waals surface area contributed by atoms with Gasteiger partial charge in [-0.3, -0.25) is 14.4 Å². The third kappa shape index (κ3) is 6.93. The van der Waals surface area contributed by atoms with Crippen LogP contribution in [0.5, 0.6) is 0 Å². The van der Waals surface area contributed by atoms with Crippen LogP contribution in [0, 0.1) is 0 Å². The number of benzene rings is 3. The maximum atomic E-state index is 13.8. The van der Waals surface area contributed by atoms with E-state index in [9.17, 15) is 24.3 Å². The molecule has 4 atom stereocenters. The number of hydrogen-bond acceptors (Lipinski definition) is 5. The minimum atomic E-state index is -1.27. The monoisotopic (exact) mass is 647 g/mol. The predicted octanol–water partition coefficient (Wildman–Crippen LogP) is 3.04. The highest BCUT2D eigenvalue weighted by molar-refractivity contribution is 5.95. The summed E-state index contributed by atoms with van der Waals surface area (Å²) >= 11 is 0. The molecule has 0 aliphatic heterocycles. The molecule has 9 N–H and O–H groups in total. The Bertz CT molecular complexity index is 2110. The van der Waals surface area contributed by atoms with Gasteiger partial charge in [0.15, 0.2) is 0 Å². The van der Waals surface area contributed by atoms with Gasteiger partial charge in [0.2, 0.25) is 17.7 Å². The summed E-state index contributed by atoms with van der Waals surface area (Å²) in [6, 6.07) is 18.3. The first-order valence-corrected chi connectivity index (χ1v) is 15.7. The molecule has 3 aromatic carbocycles. The second-order valence-corrected chi connectivity index (χ2v) is 12.0. The number of carboxylic acid groups (broad SMARTS) is 1. The van der Waals surface area contributed by atoms with E-state index in [1.165, 1.54) is 6.92 Å². The fourth-order valence-corrected chi connectivity index (χ4v) is 6.04. The van der Waals surface area contributed by atoms with Crippen LogP contribution in [0.25, 0.3) is 32.7 Å². The maximum Gasteiger partial charge on any atom is 0.326 e. The summed E-state index contributed by atoms with van der Waals surface area (Å²) in [4.78, 5) is 62.0. The van der Waals surface area contributed by atoms with Crippen molar-refractivity contribution in [1.82, 2.24) is 30.9 Å². The van der Waals surface area contributed by atoms with Gasteiger partial charge in [0.1, 0.15) is 18.1 Å².